The number of phenolic OH excluding ortho intramolecular Hbond substituents is 1. The van der Waals surface area contributed by atoms with E-state index in [0.29, 0.717) is 0 Å². The van der Waals surface area contributed by atoms with Crippen LogP contribution in [0.5, 0.6) is 5.75 Å². The summed E-state index contributed by atoms with van der Waals surface area (Å²) in [5.74, 6) is -0.462. The van der Waals surface area contributed by atoms with Crippen LogP contribution in [-0.4, -0.2) is 27.0 Å². The van der Waals surface area contributed by atoms with Gasteiger partial charge in [-0.15, -0.1) is 0 Å². The third-order valence-corrected chi connectivity index (χ3v) is 7.10. The minimum absolute atomic E-state index is 0.0704. The van der Waals surface area contributed by atoms with Crippen LogP contribution in [-0.2, 0) is 19.7 Å². The molecule has 5 nitrogen and oxygen atoms in total. The summed E-state index contributed by atoms with van der Waals surface area (Å²) in [7, 11) is -8.12. The summed E-state index contributed by atoms with van der Waals surface area (Å²) >= 11 is 0. The van der Waals surface area contributed by atoms with Crippen molar-refractivity contribution in [3.63, 3.8) is 0 Å². The number of para-hydroxylation sites is 1. The fourth-order valence-corrected chi connectivity index (χ4v) is 5.61. The lowest BCUT2D eigenvalue weighted by molar-refractivity contribution is 0.459. The van der Waals surface area contributed by atoms with E-state index in [0.717, 1.165) is 0 Å². The Labute approximate surface area is 117 Å². The van der Waals surface area contributed by atoms with Crippen molar-refractivity contribution in [1.29, 1.82) is 0 Å². The predicted molar refractivity (Wildman–Crippen MR) is 73.8 cm³/mol. The van der Waals surface area contributed by atoms with Crippen LogP contribution in [0.4, 0.5) is 0 Å². The molecule has 0 spiro atoms. The highest BCUT2D eigenvalue weighted by atomic mass is 32.3. The minimum Gasteiger partial charge on any atom is -0.507 e. The van der Waals surface area contributed by atoms with Gasteiger partial charge >= 0.3 is 0 Å². The van der Waals surface area contributed by atoms with Crippen LogP contribution in [0.1, 0.15) is 0 Å². The maximum Gasteiger partial charge on any atom is 0.196 e. The number of rotatable bonds is 4. The summed E-state index contributed by atoms with van der Waals surface area (Å²) in [5.41, 5.74) is 0. The molecule has 0 unspecified atom stereocenters. The Morgan fingerprint density at radius 3 is 1.90 bits per heavy atom. The van der Waals surface area contributed by atoms with E-state index >= 15 is 0 Å². The Morgan fingerprint density at radius 2 is 1.30 bits per heavy atom. The van der Waals surface area contributed by atoms with Gasteiger partial charge in [-0.1, -0.05) is 30.3 Å². The van der Waals surface area contributed by atoms with E-state index < -0.39 is 30.5 Å². The molecule has 2 rings (SSSR count). The van der Waals surface area contributed by atoms with Gasteiger partial charge in [0.1, 0.15) is 10.6 Å². The van der Waals surface area contributed by atoms with Crippen molar-refractivity contribution in [2.24, 2.45) is 0 Å². The molecule has 0 radical (unpaired) electrons. The van der Waals surface area contributed by atoms with Crippen LogP contribution in [0.25, 0.3) is 0 Å². The van der Waals surface area contributed by atoms with Crippen molar-refractivity contribution >= 4 is 19.7 Å². The fourth-order valence-electron chi connectivity index (χ4n) is 1.68. The number of aromatic hydroxyl groups is 1. The van der Waals surface area contributed by atoms with Gasteiger partial charge in [-0.25, -0.2) is 16.8 Å². The van der Waals surface area contributed by atoms with Gasteiger partial charge in [0.15, 0.2) is 24.8 Å². The van der Waals surface area contributed by atoms with Gasteiger partial charge in [0.25, 0.3) is 0 Å². The summed E-state index contributed by atoms with van der Waals surface area (Å²) < 4.78 is 48.3. The molecule has 0 saturated heterocycles. The molecule has 2 aromatic carbocycles. The van der Waals surface area contributed by atoms with Gasteiger partial charge in [0, 0.05) is 0 Å². The molecule has 0 aromatic heterocycles. The molecule has 2 aromatic rings. The second kappa shape index (κ2) is 5.26. The maximum atomic E-state index is 12.1. The summed E-state index contributed by atoms with van der Waals surface area (Å²) in [6.45, 7) is 0. The Kier molecular flexibility index (Phi) is 3.82. The van der Waals surface area contributed by atoms with Crippen molar-refractivity contribution in [2.45, 2.75) is 9.79 Å². The molecule has 0 aliphatic heterocycles. The lowest BCUT2D eigenvalue weighted by atomic mass is 10.3. The van der Waals surface area contributed by atoms with Crippen LogP contribution in [0.2, 0.25) is 0 Å². The van der Waals surface area contributed by atoms with Gasteiger partial charge in [-0.2, -0.15) is 0 Å². The highest BCUT2D eigenvalue weighted by Gasteiger charge is 2.27. The maximum absolute atomic E-state index is 12.1. The topological polar surface area (TPSA) is 88.5 Å². The number of hydrogen-bond donors (Lipinski definition) is 1. The van der Waals surface area contributed by atoms with E-state index in [-0.39, 0.29) is 9.79 Å². The van der Waals surface area contributed by atoms with E-state index in [1.54, 1.807) is 6.07 Å². The summed E-state index contributed by atoms with van der Waals surface area (Å²) in [6.07, 6.45) is 0. The zero-order chi connectivity index (χ0) is 14.8. The van der Waals surface area contributed by atoms with Crippen molar-refractivity contribution in [3.05, 3.63) is 54.6 Å². The third kappa shape index (κ3) is 3.00. The van der Waals surface area contributed by atoms with Crippen molar-refractivity contribution in [3.8, 4) is 5.75 Å². The first kappa shape index (κ1) is 14.5. The Hall–Kier alpha value is -1.86. The zero-order valence-electron chi connectivity index (χ0n) is 10.3. The molecule has 0 heterocycles. The van der Waals surface area contributed by atoms with Crippen LogP contribution < -0.4 is 0 Å². The average molecular weight is 312 g/mol. The molecule has 0 amide bonds. The van der Waals surface area contributed by atoms with Crippen LogP contribution in [0, 0.1) is 0 Å². The first-order chi connectivity index (χ1) is 9.33. The molecule has 7 heteroatoms. The van der Waals surface area contributed by atoms with Crippen LogP contribution in [0.15, 0.2) is 64.4 Å². The molecule has 20 heavy (non-hydrogen) atoms. The first-order valence-corrected chi connectivity index (χ1v) is 8.92. The first-order valence-electron chi connectivity index (χ1n) is 5.61. The standard InChI is InChI=1S/C13H12O5S2/c14-12-8-4-5-9-13(12)20(17,18)10-19(15,16)11-6-2-1-3-7-11/h1-9,14H,10H2. The number of benzene rings is 2. The molecule has 106 valence electrons. The summed E-state index contributed by atoms with van der Waals surface area (Å²) in [4.78, 5) is -0.460. The number of hydrogen-bond acceptors (Lipinski definition) is 5. The van der Waals surface area contributed by atoms with Crippen LogP contribution in [0.3, 0.4) is 0 Å². The van der Waals surface area contributed by atoms with Gasteiger partial charge < -0.3 is 5.11 Å². The van der Waals surface area contributed by atoms with E-state index in [4.69, 9.17) is 0 Å². The highest BCUT2D eigenvalue weighted by molar-refractivity contribution is 8.08. The Morgan fingerprint density at radius 1 is 0.750 bits per heavy atom. The number of sulfone groups is 2. The van der Waals surface area contributed by atoms with Crippen molar-refractivity contribution in [2.75, 3.05) is 5.08 Å². The molecule has 0 saturated carbocycles. The van der Waals surface area contributed by atoms with Crippen molar-refractivity contribution in [1.82, 2.24) is 0 Å². The second-order valence-corrected chi connectivity index (χ2v) is 8.44. The van der Waals surface area contributed by atoms with Gasteiger partial charge in [0.2, 0.25) is 0 Å². The zero-order valence-corrected chi connectivity index (χ0v) is 11.9. The van der Waals surface area contributed by atoms with E-state index in [1.807, 2.05) is 0 Å². The SMILES string of the molecule is O=S(=O)(CS(=O)(=O)c1ccccc1O)c1ccccc1. The highest BCUT2D eigenvalue weighted by Crippen LogP contribution is 2.25. The van der Waals surface area contributed by atoms with Crippen LogP contribution >= 0.6 is 0 Å². The predicted octanol–water partition coefficient (Wildman–Crippen LogP) is 1.60. The summed E-state index contributed by atoms with van der Waals surface area (Å²) in [6, 6.07) is 12.6. The lowest BCUT2D eigenvalue weighted by Crippen LogP contribution is -2.17. The Balaban J connectivity index is 2.42. The smallest absolute Gasteiger partial charge is 0.196 e. The molecule has 0 aliphatic rings. The molecular weight excluding hydrogens is 300 g/mol. The average Bonchev–Trinajstić information content (AvgIpc) is 2.39. The van der Waals surface area contributed by atoms with Gasteiger partial charge in [-0.05, 0) is 24.3 Å². The molecular formula is C13H12O5S2. The second-order valence-electron chi connectivity index (χ2n) is 4.13. The van der Waals surface area contributed by atoms with E-state index in [2.05, 4.69) is 0 Å². The quantitative estimate of drug-likeness (QED) is 0.926. The molecule has 0 fully saturated rings. The van der Waals surface area contributed by atoms with Gasteiger partial charge in [0.05, 0.1) is 4.90 Å². The Bertz CT molecular complexity index is 809. The van der Waals surface area contributed by atoms with E-state index in [1.165, 1.54) is 48.5 Å². The minimum atomic E-state index is -4.13. The summed E-state index contributed by atoms with van der Waals surface area (Å²) in [5, 5.41) is 8.46. The molecule has 0 atom stereocenters. The fraction of sp³-hybridized carbons (Fsp3) is 0.0769. The molecule has 0 bridgehead atoms. The molecule has 1 N–H and O–H groups in total. The monoisotopic (exact) mass is 312 g/mol. The normalized spacial score (nSPS) is 12.2. The largest absolute Gasteiger partial charge is 0.507 e. The number of phenols is 1. The van der Waals surface area contributed by atoms with Crippen molar-refractivity contribution < 1.29 is 21.9 Å². The third-order valence-electron chi connectivity index (χ3n) is 2.61. The van der Waals surface area contributed by atoms with Gasteiger partial charge in [-0.3, -0.25) is 0 Å². The molecule has 0 aliphatic carbocycles. The lowest BCUT2D eigenvalue weighted by Gasteiger charge is -2.07. The van der Waals surface area contributed by atoms with E-state index in [9.17, 15) is 21.9 Å².